The number of nitrogens with two attached hydrogens (primary N) is 1. The summed E-state index contributed by atoms with van der Waals surface area (Å²) in [7, 11) is 1.83. The van der Waals surface area contributed by atoms with Gasteiger partial charge in [-0.2, -0.15) is 0 Å². The van der Waals surface area contributed by atoms with Crippen LogP contribution in [0.4, 0.5) is 0 Å². The molecule has 1 saturated heterocycles. The van der Waals surface area contributed by atoms with Gasteiger partial charge in [0, 0.05) is 13.1 Å². The van der Waals surface area contributed by atoms with Crippen molar-refractivity contribution >= 4 is 5.91 Å². The summed E-state index contributed by atoms with van der Waals surface area (Å²) in [5.41, 5.74) is 7.93. The zero-order valence-electron chi connectivity index (χ0n) is 5.42. The Hall–Kier alpha value is -0.610. The molecule has 0 aromatic heterocycles. The molecule has 0 atom stereocenters. The van der Waals surface area contributed by atoms with Crippen LogP contribution in [0.5, 0.6) is 0 Å². The number of nitrogens with one attached hydrogen (secondary N) is 1. The zero-order chi connectivity index (χ0) is 6.85. The fourth-order valence-electron chi connectivity index (χ4n) is 0.841. The second-order valence-corrected chi connectivity index (χ2v) is 2.23. The van der Waals surface area contributed by atoms with Crippen molar-refractivity contribution in [3.63, 3.8) is 0 Å². The molecule has 0 bridgehead atoms. The third-order valence-corrected chi connectivity index (χ3v) is 1.60. The molecule has 0 spiro atoms. The van der Waals surface area contributed by atoms with Crippen LogP contribution < -0.4 is 11.2 Å². The summed E-state index contributed by atoms with van der Waals surface area (Å²) in [5.74, 6) is -0.126. The monoisotopic (exact) mass is 129 g/mol. The van der Waals surface area contributed by atoms with E-state index in [4.69, 9.17) is 5.73 Å². The van der Waals surface area contributed by atoms with E-state index < -0.39 is 0 Å². The molecule has 4 heteroatoms. The van der Waals surface area contributed by atoms with E-state index in [1.54, 1.807) is 0 Å². The van der Waals surface area contributed by atoms with Gasteiger partial charge in [0.1, 0.15) is 0 Å². The molecule has 0 aromatic rings. The Kier molecular flexibility index (Phi) is 1.68. The Labute approximate surface area is 54.0 Å². The molecule has 1 rings (SSSR count). The molecular weight excluding hydrogens is 118 g/mol. The fourth-order valence-corrected chi connectivity index (χ4v) is 0.841. The number of hydrazine groups is 1. The van der Waals surface area contributed by atoms with E-state index in [0.29, 0.717) is 0 Å². The Morgan fingerprint density at radius 3 is 2.67 bits per heavy atom. The molecule has 4 nitrogen and oxygen atoms in total. The molecule has 3 N–H and O–H groups in total. The summed E-state index contributed by atoms with van der Waals surface area (Å²) in [6.07, 6.45) is 0. The smallest absolute Gasteiger partial charge is 0.223 e. The summed E-state index contributed by atoms with van der Waals surface area (Å²) in [6, 6.07) is 0. The standard InChI is InChI=1S/C5H11N3O/c1-7-8-2-4(3-8)5(6)9/h4,7H,2-3H2,1H3,(H2,6,9). The first kappa shape index (κ1) is 6.51. The number of rotatable bonds is 2. The maximum Gasteiger partial charge on any atom is 0.223 e. The number of nitrogens with zero attached hydrogens (tertiary/aromatic N) is 1. The number of amides is 1. The van der Waals surface area contributed by atoms with Gasteiger partial charge in [0.25, 0.3) is 0 Å². The lowest BCUT2D eigenvalue weighted by Crippen LogP contribution is -2.56. The maximum absolute atomic E-state index is 10.4. The molecule has 52 valence electrons. The van der Waals surface area contributed by atoms with Gasteiger partial charge in [0.05, 0.1) is 5.92 Å². The van der Waals surface area contributed by atoms with Crippen LogP contribution >= 0.6 is 0 Å². The third-order valence-electron chi connectivity index (χ3n) is 1.60. The van der Waals surface area contributed by atoms with Crippen LogP contribution in [0.3, 0.4) is 0 Å². The number of carbonyl (C=O) groups excluding carboxylic acids is 1. The van der Waals surface area contributed by atoms with Gasteiger partial charge in [-0.15, -0.1) is 0 Å². The van der Waals surface area contributed by atoms with Gasteiger partial charge >= 0.3 is 0 Å². The molecule has 0 unspecified atom stereocenters. The largest absolute Gasteiger partial charge is 0.369 e. The number of primary amides is 1. The van der Waals surface area contributed by atoms with E-state index in [-0.39, 0.29) is 11.8 Å². The third kappa shape index (κ3) is 1.20. The molecule has 1 fully saturated rings. The molecular formula is C5H11N3O. The maximum atomic E-state index is 10.4. The first-order valence-corrected chi connectivity index (χ1v) is 2.95. The van der Waals surface area contributed by atoms with E-state index >= 15 is 0 Å². The van der Waals surface area contributed by atoms with E-state index in [0.717, 1.165) is 13.1 Å². The minimum Gasteiger partial charge on any atom is -0.369 e. The molecule has 0 saturated carbocycles. The fraction of sp³-hybridized carbons (Fsp3) is 0.800. The quantitative estimate of drug-likeness (QED) is 0.479. The highest BCUT2D eigenvalue weighted by Crippen LogP contribution is 2.10. The molecule has 0 aromatic carbocycles. The van der Waals surface area contributed by atoms with Crippen LogP contribution in [0, 0.1) is 5.92 Å². The van der Waals surface area contributed by atoms with Crippen LogP contribution in [0.1, 0.15) is 0 Å². The summed E-state index contributed by atoms with van der Waals surface area (Å²) >= 11 is 0. The van der Waals surface area contributed by atoms with Crippen LogP contribution in [0.15, 0.2) is 0 Å². The predicted octanol–water partition coefficient (Wildman–Crippen LogP) is -1.46. The molecule has 0 radical (unpaired) electrons. The van der Waals surface area contributed by atoms with Crippen molar-refractivity contribution in [3.8, 4) is 0 Å². The van der Waals surface area contributed by atoms with Crippen LogP contribution in [-0.4, -0.2) is 31.1 Å². The lowest BCUT2D eigenvalue weighted by molar-refractivity contribution is -0.128. The minimum absolute atomic E-state index is 0.0671. The first-order valence-electron chi connectivity index (χ1n) is 2.95. The summed E-state index contributed by atoms with van der Waals surface area (Å²) < 4.78 is 0. The van der Waals surface area contributed by atoms with Crippen LogP contribution in [0.25, 0.3) is 0 Å². The number of hydrogen-bond donors (Lipinski definition) is 2. The van der Waals surface area contributed by atoms with Crippen molar-refractivity contribution in [2.24, 2.45) is 11.7 Å². The summed E-state index contributed by atoms with van der Waals surface area (Å²) in [6.45, 7) is 1.51. The normalized spacial score (nSPS) is 21.4. The molecule has 1 amide bonds. The van der Waals surface area contributed by atoms with Crippen molar-refractivity contribution < 1.29 is 4.79 Å². The highest BCUT2D eigenvalue weighted by Gasteiger charge is 2.29. The number of carbonyl (C=O) groups is 1. The van der Waals surface area contributed by atoms with Crippen molar-refractivity contribution in [1.29, 1.82) is 0 Å². The predicted molar refractivity (Wildman–Crippen MR) is 33.3 cm³/mol. The molecule has 1 aliphatic rings. The minimum atomic E-state index is -0.193. The second kappa shape index (κ2) is 2.33. The Bertz CT molecular complexity index is 119. The first-order chi connectivity index (χ1) is 4.24. The zero-order valence-corrected chi connectivity index (χ0v) is 5.42. The van der Waals surface area contributed by atoms with E-state index in [1.807, 2.05) is 12.1 Å². The summed E-state index contributed by atoms with van der Waals surface area (Å²) in [5, 5.41) is 1.94. The van der Waals surface area contributed by atoms with Crippen LogP contribution in [0.2, 0.25) is 0 Å². The van der Waals surface area contributed by atoms with Crippen molar-refractivity contribution in [3.05, 3.63) is 0 Å². The van der Waals surface area contributed by atoms with E-state index in [2.05, 4.69) is 5.43 Å². The average molecular weight is 129 g/mol. The second-order valence-electron chi connectivity index (χ2n) is 2.23. The van der Waals surface area contributed by atoms with Gasteiger partial charge in [-0.25, -0.2) is 5.01 Å². The Morgan fingerprint density at radius 2 is 2.33 bits per heavy atom. The lowest BCUT2D eigenvalue weighted by atomic mass is 10.0. The Balaban J connectivity index is 2.19. The molecule has 9 heavy (non-hydrogen) atoms. The Morgan fingerprint density at radius 1 is 1.78 bits per heavy atom. The van der Waals surface area contributed by atoms with Gasteiger partial charge in [-0.1, -0.05) is 0 Å². The highest BCUT2D eigenvalue weighted by atomic mass is 16.1. The van der Waals surface area contributed by atoms with Gasteiger partial charge in [0.15, 0.2) is 0 Å². The van der Waals surface area contributed by atoms with Crippen molar-refractivity contribution in [2.75, 3.05) is 20.1 Å². The van der Waals surface area contributed by atoms with Crippen LogP contribution in [-0.2, 0) is 4.79 Å². The lowest BCUT2D eigenvalue weighted by Gasteiger charge is -2.36. The van der Waals surface area contributed by atoms with Gasteiger partial charge in [-0.05, 0) is 7.05 Å². The van der Waals surface area contributed by atoms with Crippen molar-refractivity contribution in [1.82, 2.24) is 10.4 Å². The van der Waals surface area contributed by atoms with E-state index in [9.17, 15) is 4.79 Å². The average Bonchev–Trinajstić information content (AvgIpc) is 1.61. The van der Waals surface area contributed by atoms with Gasteiger partial charge < -0.3 is 5.73 Å². The van der Waals surface area contributed by atoms with Gasteiger partial charge in [-0.3, -0.25) is 10.2 Å². The van der Waals surface area contributed by atoms with Gasteiger partial charge in [0.2, 0.25) is 5.91 Å². The number of hydrogen-bond acceptors (Lipinski definition) is 3. The van der Waals surface area contributed by atoms with Crippen molar-refractivity contribution in [2.45, 2.75) is 0 Å². The summed E-state index contributed by atoms with van der Waals surface area (Å²) in [4.78, 5) is 10.4. The highest BCUT2D eigenvalue weighted by molar-refractivity contribution is 5.77. The molecule has 1 heterocycles. The SMILES string of the molecule is CNN1CC(C(N)=O)C1. The topological polar surface area (TPSA) is 58.4 Å². The molecule has 1 aliphatic heterocycles. The van der Waals surface area contributed by atoms with E-state index in [1.165, 1.54) is 0 Å². The molecule has 0 aliphatic carbocycles.